The molecule has 0 aliphatic rings. The lowest BCUT2D eigenvalue weighted by Crippen LogP contribution is -2.13. The quantitative estimate of drug-likeness (QED) is 0.675. The van der Waals surface area contributed by atoms with Crippen LogP contribution in [0.25, 0.3) is 11.4 Å². The second-order valence-electron chi connectivity index (χ2n) is 5.01. The fraction of sp³-hybridized carbons (Fsp3) is 0.385. The molecule has 0 saturated carbocycles. The molecule has 4 N–H and O–H groups in total. The molecule has 8 heteroatoms. The molecule has 0 amide bonds. The number of H-pyrrole nitrogens is 1. The van der Waals surface area contributed by atoms with Gasteiger partial charge in [-0.25, -0.2) is 4.79 Å². The minimum atomic E-state index is -1.05. The molecular formula is C13H17N5O3. The lowest BCUT2D eigenvalue weighted by molar-refractivity contribution is 0.0690. The van der Waals surface area contributed by atoms with Crippen LogP contribution in [-0.4, -0.2) is 42.2 Å². The topological polar surface area (TPSA) is 124 Å². The van der Waals surface area contributed by atoms with Crippen LogP contribution in [0, 0.1) is 13.8 Å². The molecule has 0 aliphatic heterocycles. The summed E-state index contributed by atoms with van der Waals surface area (Å²) in [7, 11) is 0. The van der Waals surface area contributed by atoms with Gasteiger partial charge in [-0.1, -0.05) is 0 Å². The van der Waals surface area contributed by atoms with Gasteiger partial charge in [-0.3, -0.25) is 0 Å². The zero-order chi connectivity index (χ0) is 15.7. The highest BCUT2D eigenvalue weighted by atomic mass is 16.4. The van der Waals surface area contributed by atoms with Crippen LogP contribution in [0.4, 0.5) is 5.95 Å². The Morgan fingerprint density at radius 3 is 2.43 bits per heavy atom. The first-order chi connectivity index (χ1) is 9.79. The third-order valence-electron chi connectivity index (χ3n) is 2.92. The molecule has 112 valence electrons. The Morgan fingerprint density at radius 1 is 1.24 bits per heavy atom. The van der Waals surface area contributed by atoms with Gasteiger partial charge >= 0.3 is 12.0 Å². The van der Waals surface area contributed by atoms with Gasteiger partial charge in [0.2, 0.25) is 5.95 Å². The zero-order valence-corrected chi connectivity index (χ0v) is 12.2. The van der Waals surface area contributed by atoms with E-state index in [0.29, 0.717) is 16.8 Å². The molecular weight excluding hydrogens is 274 g/mol. The van der Waals surface area contributed by atoms with E-state index in [0.717, 1.165) is 0 Å². The van der Waals surface area contributed by atoms with Crippen molar-refractivity contribution in [1.29, 1.82) is 0 Å². The number of aromatic nitrogens is 4. The van der Waals surface area contributed by atoms with Crippen LogP contribution in [0.2, 0.25) is 0 Å². The molecule has 0 radical (unpaired) electrons. The summed E-state index contributed by atoms with van der Waals surface area (Å²) < 4.78 is 0. The molecule has 0 spiro atoms. The average molecular weight is 291 g/mol. The molecule has 2 heterocycles. The summed E-state index contributed by atoms with van der Waals surface area (Å²) in [5.74, 6) is -0.588. The van der Waals surface area contributed by atoms with Crippen LogP contribution in [-0.2, 0) is 0 Å². The van der Waals surface area contributed by atoms with Gasteiger partial charge in [0.15, 0.2) is 5.82 Å². The predicted molar refractivity (Wildman–Crippen MR) is 76.5 cm³/mol. The second-order valence-corrected chi connectivity index (χ2v) is 5.01. The van der Waals surface area contributed by atoms with Crippen LogP contribution < -0.4 is 5.32 Å². The van der Waals surface area contributed by atoms with Crippen molar-refractivity contribution in [1.82, 2.24) is 19.9 Å². The summed E-state index contributed by atoms with van der Waals surface area (Å²) in [4.78, 5) is 25.9. The smallest absolute Gasteiger partial charge is 0.352 e. The summed E-state index contributed by atoms with van der Waals surface area (Å²) in [6.45, 7) is 7.22. The first-order valence-corrected chi connectivity index (χ1v) is 6.44. The van der Waals surface area contributed by atoms with E-state index >= 15 is 0 Å². The van der Waals surface area contributed by atoms with Gasteiger partial charge in [0.1, 0.15) is 5.69 Å². The van der Waals surface area contributed by atoms with Gasteiger partial charge in [-0.2, -0.15) is 15.0 Å². The largest absolute Gasteiger partial charge is 0.479 e. The third-order valence-corrected chi connectivity index (χ3v) is 2.92. The summed E-state index contributed by atoms with van der Waals surface area (Å²) in [5.41, 5.74) is 1.77. The van der Waals surface area contributed by atoms with E-state index in [4.69, 9.17) is 5.11 Å². The van der Waals surface area contributed by atoms with Gasteiger partial charge in [-0.05, 0) is 33.3 Å². The highest BCUT2D eigenvalue weighted by Gasteiger charge is 2.21. The Morgan fingerprint density at radius 2 is 1.90 bits per heavy atom. The summed E-state index contributed by atoms with van der Waals surface area (Å²) >= 11 is 0. The van der Waals surface area contributed by atoms with Crippen LogP contribution in [0.1, 0.15) is 35.6 Å². The van der Waals surface area contributed by atoms with Crippen LogP contribution in [0.5, 0.6) is 6.01 Å². The lowest BCUT2D eigenvalue weighted by Gasteiger charge is -2.09. The fourth-order valence-corrected chi connectivity index (χ4v) is 2.10. The summed E-state index contributed by atoms with van der Waals surface area (Å²) in [6.07, 6.45) is 0. The molecule has 0 bridgehead atoms. The van der Waals surface area contributed by atoms with E-state index in [1.165, 1.54) is 0 Å². The molecule has 2 rings (SSSR count). The molecule has 2 aromatic heterocycles. The molecule has 21 heavy (non-hydrogen) atoms. The average Bonchev–Trinajstić information content (AvgIpc) is 2.63. The third kappa shape index (κ3) is 2.93. The van der Waals surface area contributed by atoms with Gasteiger partial charge < -0.3 is 20.5 Å². The van der Waals surface area contributed by atoms with E-state index in [2.05, 4.69) is 25.3 Å². The van der Waals surface area contributed by atoms with E-state index in [9.17, 15) is 9.90 Å². The van der Waals surface area contributed by atoms with Crippen LogP contribution in [0.15, 0.2) is 0 Å². The SMILES string of the molecule is Cc1[nH]c(C(=O)O)c(C)c1-c1nc(O)nc(NC(C)C)n1. The minimum Gasteiger partial charge on any atom is -0.479 e. The number of rotatable bonds is 4. The number of carbonyl (C=O) groups is 1. The number of nitrogens with zero attached hydrogens (tertiary/aromatic N) is 3. The van der Waals surface area contributed by atoms with E-state index in [1.807, 2.05) is 13.8 Å². The Hall–Kier alpha value is -2.64. The Balaban J connectivity index is 2.56. The number of anilines is 1. The molecule has 0 aliphatic carbocycles. The molecule has 2 aromatic rings. The van der Waals surface area contributed by atoms with E-state index in [1.54, 1.807) is 13.8 Å². The second kappa shape index (κ2) is 5.39. The number of aromatic carboxylic acids is 1. The van der Waals surface area contributed by atoms with Crippen molar-refractivity contribution in [2.24, 2.45) is 0 Å². The number of nitrogens with one attached hydrogen (secondary N) is 2. The first-order valence-electron chi connectivity index (χ1n) is 6.44. The normalized spacial score (nSPS) is 10.9. The number of carboxylic acids is 1. The maximum absolute atomic E-state index is 11.2. The highest BCUT2D eigenvalue weighted by molar-refractivity contribution is 5.90. The molecule has 0 unspecified atom stereocenters. The highest BCUT2D eigenvalue weighted by Crippen LogP contribution is 2.28. The Kier molecular flexibility index (Phi) is 3.79. The Bertz CT molecular complexity index is 693. The van der Waals surface area contributed by atoms with Gasteiger partial charge in [0.05, 0.1) is 0 Å². The van der Waals surface area contributed by atoms with Gasteiger partial charge in [0.25, 0.3) is 0 Å². The standard InChI is InChI=1S/C13H17N5O3/c1-5(2)14-12-16-10(17-13(21)18-12)8-6(3)9(11(19)20)15-7(8)4/h5,15H,1-4H3,(H,19,20)(H2,14,16,17,18,21). The number of hydrogen-bond acceptors (Lipinski definition) is 6. The number of aromatic amines is 1. The van der Waals surface area contributed by atoms with Crippen molar-refractivity contribution < 1.29 is 15.0 Å². The maximum atomic E-state index is 11.2. The molecule has 0 aromatic carbocycles. The van der Waals surface area contributed by atoms with Crippen molar-refractivity contribution in [2.75, 3.05) is 5.32 Å². The van der Waals surface area contributed by atoms with Crippen molar-refractivity contribution in [3.63, 3.8) is 0 Å². The van der Waals surface area contributed by atoms with Crippen molar-refractivity contribution in [3.8, 4) is 17.4 Å². The minimum absolute atomic E-state index is 0.0840. The molecule has 0 fully saturated rings. The van der Waals surface area contributed by atoms with Crippen LogP contribution >= 0.6 is 0 Å². The maximum Gasteiger partial charge on any atom is 0.352 e. The van der Waals surface area contributed by atoms with Gasteiger partial charge in [0, 0.05) is 17.3 Å². The van der Waals surface area contributed by atoms with Crippen molar-refractivity contribution in [2.45, 2.75) is 33.7 Å². The zero-order valence-electron chi connectivity index (χ0n) is 12.2. The first kappa shape index (κ1) is 14.8. The fourth-order valence-electron chi connectivity index (χ4n) is 2.10. The van der Waals surface area contributed by atoms with Crippen molar-refractivity contribution >= 4 is 11.9 Å². The number of aryl methyl sites for hydroxylation is 1. The molecule has 0 saturated heterocycles. The van der Waals surface area contributed by atoms with E-state index in [-0.39, 0.29) is 23.5 Å². The van der Waals surface area contributed by atoms with Crippen molar-refractivity contribution in [3.05, 3.63) is 17.0 Å². The number of aromatic hydroxyl groups is 1. The van der Waals surface area contributed by atoms with Gasteiger partial charge in [-0.15, -0.1) is 0 Å². The van der Waals surface area contributed by atoms with Crippen LogP contribution in [0.3, 0.4) is 0 Å². The number of hydrogen-bond donors (Lipinski definition) is 4. The van der Waals surface area contributed by atoms with E-state index < -0.39 is 12.0 Å². The Labute approximate surface area is 121 Å². The molecule has 8 nitrogen and oxygen atoms in total. The monoisotopic (exact) mass is 291 g/mol. The summed E-state index contributed by atoms with van der Waals surface area (Å²) in [5, 5.41) is 21.7. The lowest BCUT2D eigenvalue weighted by atomic mass is 10.1. The number of carboxylic acid groups (broad SMARTS) is 1. The summed E-state index contributed by atoms with van der Waals surface area (Å²) in [6, 6.07) is -0.331. The predicted octanol–water partition coefficient (Wildman–Crippen LogP) is 1.71. The molecule has 0 atom stereocenters.